The van der Waals surface area contributed by atoms with Crippen LogP contribution in [-0.2, 0) is 4.79 Å². The Morgan fingerprint density at radius 3 is 2.36 bits per heavy atom. The van der Waals surface area contributed by atoms with Crippen LogP contribution in [0.15, 0.2) is 58.2 Å². The molecule has 1 aromatic heterocycles. The monoisotopic (exact) mass is 375 g/mol. The predicted octanol–water partition coefficient (Wildman–Crippen LogP) is 4.55. The van der Waals surface area contributed by atoms with E-state index in [4.69, 9.17) is 20.8 Å². The minimum Gasteiger partial charge on any atom is -0.457 e. The third kappa shape index (κ3) is 5.23. The number of amides is 1. The summed E-state index contributed by atoms with van der Waals surface area (Å²) in [4.78, 5) is 11.9. The number of rotatable bonds is 6. The van der Waals surface area contributed by atoms with E-state index in [9.17, 15) is 4.79 Å². The second-order valence-corrected chi connectivity index (χ2v) is 6.37. The molecule has 3 aromatic rings. The highest BCUT2D eigenvalue weighted by molar-refractivity contribution is 7.99. The lowest BCUT2D eigenvalue weighted by atomic mass is 10.3. The Bertz CT molecular complexity index is 850. The quantitative estimate of drug-likeness (QED) is 0.636. The Labute approximate surface area is 153 Å². The van der Waals surface area contributed by atoms with Crippen molar-refractivity contribution in [2.75, 3.05) is 11.1 Å². The van der Waals surface area contributed by atoms with E-state index < -0.39 is 0 Å². The highest BCUT2D eigenvalue weighted by Gasteiger charge is 2.08. The number of aromatic nitrogens is 2. The van der Waals surface area contributed by atoms with Crippen molar-refractivity contribution in [1.82, 2.24) is 10.2 Å². The SMILES string of the molecule is Cc1nnc(SCC(=O)Nc2ccc(Oc3ccc(Cl)cc3)cc2)o1. The summed E-state index contributed by atoms with van der Waals surface area (Å²) in [6, 6.07) is 14.2. The lowest BCUT2D eigenvalue weighted by Gasteiger charge is -2.08. The van der Waals surface area contributed by atoms with E-state index in [2.05, 4.69) is 15.5 Å². The van der Waals surface area contributed by atoms with E-state index in [0.717, 1.165) is 0 Å². The molecule has 0 saturated heterocycles. The molecule has 0 atom stereocenters. The minimum atomic E-state index is -0.160. The van der Waals surface area contributed by atoms with Crippen molar-refractivity contribution in [3.8, 4) is 11.5 Å². The maximum atomic E-state index is 11.9. The fourth-order valence-corrected chi connectivity index (χ4v) is 2.64. The van der Waals surface area contributed by atoms with Crippen molar-refractivity contribution in [1.29, 1.82) is 0 Å². The Kier molecular flexibility index (Phi) is 5.57. The van der Waals surface area contributed by atoms with Gasteiger partial charge in [0.25, 0.3) is 5.22 Å². The maximum absolute atomic E-state index is 11.9. The molecule has 0 bridgehead atoms. The lowest BCUT2D eigenvalue weighted by Crippen LogP contribution is -2.13. The number of carbonyl (C=O) groups is 1. The molecule has 6 nitrogen and oxygen atoms in total. The van der Waals surface area contributed by atoms with Gasteiger partial charge >= 0.3 is 0 Å². The second-order valence-electron chi connectivity index (χ2n) is 5.00. The summed E-state index contributed by atoms with van der Waals surface area (Å²) in [6.07, 6.45) is 0. The van der Waals surface area contributed by atoms with Crippen molar-refractivity contribution >= 4 is 35.0 Å². The van der Waals surface area contributed by atoms with Crippen LogP contribution in [0, 0.1) is 6.92 Å². The van der Waals surface area contributed by atoms with Gasteiger partial charge in [0.1, 0.15) is 11.5 Å². The first kappa shape index (κ1) is 17.3. The van der Waals surface area contributed by atoms with Crippen LogP contribution in [0.4, 0.5) is 5.69 Å². The van der Waals surface area contributed by atoms with Crippen LogP contribution in [-0.4, -0.2) is 21.9 Å². The number of aryl methyl sites for hydroxylation is 1. The summed E-state index contributed by atoms with van der Waals surface area (Å²) >= 11 is 7.03. The Hall–Kier alpha value is -2.51. The van der Waals surface area contributed by atoms with Gasteiger partial charge in [-0.3, -0.25) is 4.79 Å². The average molecular weight is 376 g/mol. The predicted molar refractivity (Wildman–Crippen MR) is 96.4 cm³/mol. The molecular formula is C17H14ClN3O3S. The molecule has 2 aromatic carbocycles. The summed E-state index contributed by atoms with van der Waals surface area (Å²) in [5.41, 5.74) is 0.677. The molecule has 0 fully saturated rings. The fraction of sp³-hybridized carbons (Fsp3) is 0.118. The number of nitrogens with one attached hydrogen (secondary N) is 1. The van der Waals surface area contributed by atoms with E-state index in [-0.39, 0.29) is 11.7 Å². The number of anilines is 1. The van der Waals surface area contributed by atoms with Crippen LogP contribution in [0.5, 0.6) is 11.5 Å². The Balaban J connectivity index is 1.51. The number of carbonyl (C=O) groups excluding carboxylic acids is 1. The maximum Gasteiger partial charge on any atom is 0.277 e. The minimum absolute atomic E-state index is 0.160. The number of ether oxygens (including phenoxy) is 1. The van der Waals surface area contributed by atoms with Crippen LogP contribution in [0.3, 0.4) is 0 Å². The van der Waals surface area contributed by atoms with Gasteiger partial charge in [0.15, 0.2) is 0 Å². The van der Waals surface area contributed by atoms with Gasteiger partial charge in [-0.15, -0.1) is 10.2 Å². The van der Waals surface area contributed by atoms with Gasteiger partial charge < -0.3 is 14.5 Å². The first-order valence-electron chi connectivity index (χ1n) is 7.35. The zero-order valence-corrected chi connectivity index (χ0v) is 14.8. The summed E-state index contributed by atoms with van der Waals surface area (Å²) in [5.74, 6) is 1.85. The highest BCUT2D eigenvalue weighted by atomic mass is 35.5. The lowest BCUT2D eigenvalue weighted by molar-refractivity contribution is -0.113. The topological polar surface area (TPSA) is 77.2 Å². The van der Waals surface area contributed by atoms with Crippen LogP contribution < -0.4 is 10.1 Å². The number of benzene rings is 2. The molecule has 1 amide bonds. The number of thioether (sulfide) groups is 1. The van der Waals surface area contributed by atoms with Gasteiger partial charge in [-0.05, 0) is 48.5 Å². The van der Waals surface area contributed by atoms with E-state index in [0.29, 0.717) is 33.3 Å². The van der Waals surface area contributed by atoms with Crippen molar-refractivity contribution in [3.05, 3.63) is 59.4 Å². The summed E-state index contributed by atoms with van der Waals surface area (Å²) < 4.78 is 10.9. The van der Waals surface area contributed by atoms with Crippen molar-refractivity contribution < 1.29 is 13.9 Å². The van der Waals surface area contributed by atoms with E-state index >= 15 is 0 Å². The Morgan fingerprint density at radius 1 is 1.12 bits per heavy atom. The van der Waals surface area contributed by atoms with Gasteiger partial charge in [0, 0.05) is 17.6 Å². The van der Waals surface area contributed by atoms with Crippen LogP contribution in [0.1, 0.15) is 5.89 Å². The zero-order valence-electron chi connectivity index (χ0n) is 13.2. The number of halogens is 1. The largest absolute Gasteiger partial charge is 0.457 e. The molecule has 3 rings (SSSR count). The van der Waals surface area contributed by atoms with E-state index in [1.54, 1.807) is 55.5 Å². The normalized spacial score (nSPS) is 10.5. The van der Waals surface area contributed by atoms with Crippen LogP contribution in [0.2, 0.25) is 5.02 Å². The van der Waals surface area contributed by atoms with Gasteiger partial charge in [0.05, 0.1) is 5.75 Å². The van der Waals surface area contributed by atoms with E-state index in [1.165, 1.54) is 11.8 Å². The highest BCUT2D eigenvalue weighted by Crippen LogP contribution is 2.24. The van der Waals surface area contributed by atoms with Crippen molar-refractivity contribution in [2.24, 2.45) is 0 Å². The Morgan fingerprint density at radius 2 is 1.76 bits per heavy atom. The molecule has 0 spiro atoms. The molecule has 25 heavy (non-hydrogen) atoms. The molecule has 1 N–H and O–H groups in total. The van der Waals surface area contributed by atoms with E-state index in [1.807, 2.05) is 0 Å². The summed E-state index contributed by atoms with van der Waals surface area (Å²) in [6.45, 7) is 1.70. The third-order valence-electron chi connectivity index (χ3n) is 3.02. The molecule has 1 heterocycles. The first-order chi connectivity index (χ1) is 12.1. The molecule has 128 valence electrons. The first-order valence-corrected chi connectivity index (χ1v) is 8.71. The average Bonchev–Trinajstić information content (AvgIpc) is 3.02. The molecular weight excluding hydrogens is 362 g/mol. The van der Waals surface area contributed by atoms with Gasteiger partial charge in [-0.25, -0.2) is 0 Å². The molecule has 0 aliphatic rings. The molecule has 0 saturated carbocycles. The summed E-state index contributed by atoms with van der Waals surface area (Å²) in [7, 11) is 0. The molecule has 0 unspecified atom stereocenters. The van der Waals surface area contributed by atoms with Crippen molar-refractivity contribution in [2.45, 2.75) is 12.1 Å². The molecule has 0 aliphatic carbocycles. The zero-order chi connectivity index (χ0) is 17.6. The van der Waals surface area contributed by atoms with Gasteiger partial charge in [-0.1, -0.05) is 23.4 Å². The van der Waals surface area contributed by atoms with Gasteiger partial charge in [0.2, 0.25) is 11.8 Å². The number of nitrogens with zero attached hydrogens (tertiary/aromatic N) is 2. The molecule has 0 radical (unpaired) electrons. The molecule has 8 heteroatoms. The summed E-state index contributed by atoms with van der Waals surface area (Å²) in [5, 5.41) is 11.4. The van der Waals surface area contributed by atoms with Crippen molar-refractivity contribution in [3.63, 3.8) is 0 Å². The number of hydrogen-bond donors (Lipinski definition) is 1. The standard InChI is InChI=1S/C17H14ClN3O3S/c1-11-20-21-17(23-11)25-10-16(22)19-13-4-8-15(9-5-13)24-14-6-2-12(18)3-7-14/h2-9H,10H2,1H3,(H,19,22). The third-order valence-corrected chi connectivity index (χ3v) is 4.09. The smallest absolute Gasteiger partial charge is 0.277 e. The number of hydrogen-bond acceptors (Lipinski definition) is 6. The van der Waals surface area contributed by atoms with Crippen LogP contribution >= 0.6 is 23.4 Å². The van der Waals surface area contributed by atoms with Crippen LogP contribution in [0.25, 0.3) is 0 Å². The fourth-order valence-electron chi connectivity index (χ4n) is 1.91. The van der Waals surface area contributed by atoms with Gasteiger partial charge in [-0.2, -0.15) is 0 Å². The second kappa shape index (κ2) is 8.04. The molecule has 0 aliphatic heterocycles.